The minimum Gasteiger partial charge on any atom is -0.335 e. The Morgan fingerprint density at radius 3 is 2.69 bits per heavy atom. The lowest BCUT2D eigenvalue weighted by atomic mass is 9.93. The maximum Gasteiger partial charge on any atom is 0.317 e. The molecule has 1 saturated carbocycles. The molecule has 0 bridgehead atoms. The smallest absolute Gasteiger partial charge is 0.317 e. The lowest BCUT2D eigenvalue weighted by Crippen LogP contribution is -2.57. The molecule has 1 heterocycles. The molecule has 4 heteroatoms. The van der Waals surface area contributed by atoms with Crippen molar-refractivity contribution >= 4 is 6.03 Å². The summed E-state index contributed by atoms with van der Waals surface area (Å²) in [5.41, 5.74) is 0. The van der Waals surface area contributed by atoms with Crippen molar-refractivity contribution in [2.45, 2.75) is 44.7 Å². The van der Waals surface area contributed by atoms with Crippen LogP contribution in [0.2, 0.25) is 0 Å². The van der Waals surface area contributed by atoms with Crippen LogP contribution in [0.1, 0.15) is 32.6 Å². The van der Waals surface area contributed by atoms with Gasteiger partial charge < -0.3 is 10.2 Å². The van der Waals surface area contributed by atoms with Crippen LogP contribution in [-0.2, 0) is 0 Å². The van der Waals surface area contributed by atoms with Crippen molar-refractivity contribution < 1.29 is 4.79 Å². The predicted molar refractivity (Wildman–Crippen MR) is 64.5 cm³/mol. The van der Waals surface area contributed by atoms with Gasteiger partial charge in [0.25, 0.3) is 0 Å². The van der Waals surface area contributed by atoms with Crippen molar-refractivity contribution in [3.05, 3.63) is 0 Å². The van der Waals surface area contributed by atoms with Crippen LogP contribution in [0.3, 0.4) is 0 Å². The van der Waals surface area contributed by atoms with E-state index in [2.05, 4.69) is 24.2 Å². The fourth-order valence-corrected chi connectivity index (χ4v) is 2.39. The van der Waals surface area contributed by atoms with Crippen LogP contribution in [0.4, 0.5) is 4.79 Å². The van der Waals surface area contributed by atoms with E-state index in [1.165, 1.54) is 6.42 Å². The molecule has 0 spiro atoms. The second-order valence-corrected chi connectivity index (χ2v) is 5.07. The van der Waals surface area contributed by atoms with Gasteiger partial charge in [-0.1, -0.05) is 6.92 Å². The summed E-state index contributed by atoms with van der Waals surface area (Å²) in [7, 11) is 2.15. The minimum atomic E-state index is 0.149. The molecule has 92 valence electrons. The molecule has 1 saturated heterocycles. The van der Waals surface area contributed by atoms with Crippen LogP contribution in [0, 0.1) is 0 Å². The quantitative estimate of drug-likeness (QED) is 0.768. The molecular formula is C12H23N3O. The molecule has 0 aromatic rings. The predicted octanol–water partition coefficient (Wildman–Crippen LogP) is 1.27. The Balaban J connectivity index is 1.81. The highest BCUT2D eigenvalue weighted by Gasteiger charge is 2.28. The van der Waals surface area contributed by atoms with E-state index >= 15 is 0 Å². The van der Waals surface area contributed by atoms with Gasteiger partial charge >= 0.3 is 6.03 Å². The second kappa shape index (κ2) is 5.04. The van der Waals surface area contributed by atoms with Gasteiger partial charge in [0.15, 0.2) is 0 Å². The molecule has 1 N–H and O–H groups in total. The van der Waals surface area contributed by atoms with E-state index in [9.17, 15) is 4.79 Å². The molecule has 2 aliphatic rings. The molecule has 0 aromatic carbocycles. The third kappa shape index (κ3) is 2.48. The van der Waals surface area contributed by atoms with E-state index < -0.39 is 0 Å². The third-order valence-electron chi connectivity index (χ3n) is 3.97. The second-order valence-electron chi connectivity index (χ2n) is 5.07. The first-order valence-corrected chi connectivity index (χ1v) is 6.46. The number of rotatable bonds is 2. The number of hydrogen-bond acceptors (Lipinski definition) is 2. The van der Waals surface area contributed by atoms with Crippen LogP contribution >= 0.6 is 0 Å². The summed E-state index contributed by atoms with van der Waals surface area (Å²) in [6.07, 6.45) is 4.71. The molecular weight excluding hydrogens is 202 g/mol. The first-order chi connectivity index (χ1) is 7.70. The SMILES string of the molecule is CCC1CN(C(=O)NC2CCC2)CCN1C. The monoisotopic (exact) mass is 225 g/mol. The van der Waals surface area contributed by atoms with Gasteiger partial charge in [0, 0.05) is 31.7 Å². The Kier molecular flexibility index (Phi) is 3.69. The number of hydrogen-bond donors (Lipinski definition) is 1. The molecule has 0 aromatic heterocycles. The van der Waals surface area contributed by atoms with E-state index in [0.29, 0.717) is 12.1 Å². The van der Waals surface area contributed by atoms with Crippen LogP contribution in [-0.4, -0.2) is 54.6 Å². The molecule has 0 radical (unpaired) electrons. The lowest BCUT2D eigenvalue weighted by molar-refractivity contribution is 0.104. The van der Waals surface area contributed by atoms with Gasteiger partial charge in [-0.25, -0.2) is 4.79 Å². The van der Waals surface area contributed by atoms with Crippen LogP contribution in [0.15, 0.2) is 0 Å². The average Bonchev–Trinajstić information content (AvgIpc) is 2.24. The summed E-state index contributed by atoms with van der Waals surface area (Å²) in [5.74, 6) is 0. The Morgan fingerprint density at radius 1 is 1.38 bits per heavy atom. The van der Waals surface area contributed by atoms with Crippen molar-refractivity contribution in [1.82, 2.24) is 15.1 Å². The van der Waals surface area contributed by atoms with E-state index in [4.69, 9.17) is 0 Å². The molecule has 2 amide bonds. The number of carbonyl (C=O) groups excluding carboxylic acids is 1. The largest absolute Gasteiger partial charge is 0.335 e. The highest BCUT2D eigenvalue weighted by molar-refractivity contribution is 5.74. The topological polar surface area (TPSA) is 35.6 Å². The third-order valence-corrected chi connectivity index (χ3v) is 3.97. The normalized spacial score (nSPS) is 27.6. The number of urea groups is 1. The Morgan fingerprint density at radius 2 is 2.12 bits per heavy atom. The number of carbonyl (C=O) groups is 1. The van der Waals surface area contributed by atoms with Crippen molar-refractivity contribution in [3.8, 4) is 0 Å². The molecule has 1 aliphatic heterocycles. The zero-order valence-corrected chi connectivity index (χ0v) is 10.4. The van der Waals surface area contributed by atoms with E-state index in [-0.39, 0.29) is 6.03 Å². The van der Waals surface area contributed by atoms with Crippen molar-refractivity contribution in [2.24, 2.45) is 0 Å². The summed E-state index contributed by atoms with van der Waals surface area (Å²) in [6.45, 7) is 4.93. The molecule has 4 nitrogen and oxygen atoms in total. The summed E-state index contributed by atoms with van der Waals surface area (Å²) in [6, 6.07) is 1.13. The van der Waals surface area contributed by atoms with Gasteiger partial charge in [-0.2, -0.15) is 0 Å². The van der Waals surface area contributed by atoms with Crippen molar-refractivity contribution in [1.29, 1.82) is 0 Å². The molecule has 1 unspecified atom stereocenters. The fourth-order valence-electron chi connectivity index (χ4n) is 2.39. The standard InChI is InChI=1S/C12H23N3O/c1-3-11-9-15(8-7-14(11)2)12(16)13-10-5-4-6-10/h10-11H,3-9H2,1-2H3,(H,13,16). The lowest BCUT2D eigenvalue weighted by Gasteiger charge is -2.40. The van der Waals surface area contributed by atoms with Crippen molar-refractivity contribution in [2.75, 3.05) is 26.7 Å². The number of nitrogens with one attached hydrogen (secondary N) is 1. The summed E-state index contributed by atoms with van der Waals surface area (Å²) >= 11 is 0. The molecule has 16 heavy (non-hydrogen) atoms. The average molecular weight is 225 g/mol. The first kappa shape index (κ1) is 11.7. The number of amides is 2. The highest BCUT2D eigenvalue weighted by atomic mass is 16.2. The highest BCUT2D eigenvalue weighted by Crippen LogP contribution is 2.19. The van der Waals surface area contributed by atoms with Crippen LogP contribution < -0.4 is 5.32 Å². The zero-order valence-electron chi connectivity index (χ0n) is 10.4. The number of piperazine rings is 1. The number of likely N-dealkylation sites (N-methyl/N-ethyl adjacent to an activating group) is 1. The maximum atomic E-state index is 12.0. The molecule has 2 fully saturated rings. The van der Waals surface area contributed by atoms with E-state index in [1.807, 2.05) is 4.90 Å². The van der Waals surface area contributed by atoms with Gasteiger partial charge in [-0.3, -0.25) is 4.90 Å². The van der Waals surface area contributed by atoms with Gasteiger partial charge in [0.1, 0.15) is 0 Å². The van der Waals surface area contributed by atoms with Crippen LogP contribution in [0.25, 0.3) is 0 Å². The minimum absolute atomic E-state index is 0.149. The Hall–Kier alpha value is -0.770. The summed E-state index contributed by atoms with van der Waals surface area (Å²) < 4.78 is 0. The van der Waals surface area contributed by atoms with E-state index in [1.54, 1.807) is 0 Å². The van der Waals surface area contributed by atoms with Gasteiger partial charge in [0.2, 0.25) is 0 Å². The van der Waals surface area contributed by atoms with Gasteiger partial charge in [0.05, 0.1) is 0 Å². The first-order valence-electron chi connectivity index (χ1n) is 6.46. The fraction of sp³-hybridized carbons (Fsp3) is 0.917. The van der Waals surface area contributed by atoms with Gasteiger partial charge in [-0.15, -0.1) is 0 Å². The Bertz CT molecular complexity index is 253. The van der Waals surface area contributed by atoms with Crippen LogP contribution in [0.5, 0.6) is 0 Å². The molecule has 1 aliphatic carbocycles. The van der Waals surface area contributed by atoms with Gasteiger partial charge in [-0.05, 0) is 32.7 Å². The zero-order chi connectivity index (χ0) is 11.5. The van der Waals surface area contributed by atoms with Crippen molar-refractivity contribution in [3.63, 3.8) is 0 Å². The summed E-state index contributed by atoms with van der Waals surface area (Å²) in [5, 5.41) is 3.11. The Labute approximate surface area is 98.0 Å². The number of nitrogens with zero attached hydrogens (tertiary/aromatic N) is 2. The maximum absolute atomic E-state index is 12.0. The van der Waals surface area contributed by atoms with E-state index in [0.717, 1.165) is 38.9 Å². The molecule has 1 atom stereocenters. The summed E-state index contributed by atoms with van der Waals surface area (Å²) in [4.78, 5) is 16.3. The molecule has 2 rings (SSSR count).